The molecule has 1 aromatic heterocycles. The molecule has 0 aliphatic carbocycles. The molecule has 8 nitrogen and oxygen atoms in total. The van der Waals surface area contributed by atoms with Gasteiger partial charge in [0.1, 0.15) is 5.69 Å². The van der Waals surface area contributed by atoms with Gasteiger partial charge in [-0.05, 0) is 18.9 Å². The van der Waals surface area contributed by atoms with Gasteiger partial charge in [-0.3, -0.25) is 20.0 Å². The number of hydrogen-bond acceptors (Lipinski definition) is 5. The third-order valence-corrected chi connectivity index (χ3v) is 3.93. The van der Waals surface area contributed by atoms with Gasteiger partial charge >= 0.3 is 5.69 Å². The summed E-state index contributed by atoms with van der Waals surface area (Å²) in [6.45, 7) is 3.53. The van der Waals surface area contributed by atoms with E-state index in [1.165, 1.54) is 0 Å². The maximum Gasteiger partial charge on any atom is 0.322 e. The Balaban J connectivity index is 2.07. The zero-order valence-corrected chi connectivity index (χ0v) is 14.2. The smallest absolute Gasteiger partial charge is 0.322 e. The number of aromatic amines is 1. The van der Waals surface area contributed by atoms with Gasteiger partial charge in [0.2, 0.25) is 5.69 Å². The highest BCUT2D eigenvalue weighted by molar-refractivity contribution is 5.96. The summed E-state index contributed by atoms with van der Waals surface area (Å²) >= 11 is 0. The quantitative estimate of drug-likeness (QED) is 0.498. The van der Waals surface area contributed by atoms with Crippen LogP contribution in [0.1, 0.15) is 42.0 Å². The van der Waals surface area contributed by atoms with Crippen LogP contribution >= 0.6 is 0 Å². The second-order valence-electron chi connectivity index (χ2n) is 5.93. The van der Waals surface area contributed by atoms with Crippen molar-refractivity contribution in [3.8, 4) is 0 Å². The van der Waals surface area contributed by atoms with Gasteiger partial charge in [0, 0.05) is 6.42 Å². The van der Waals surface area contributed by atoms with Gasteiger partial charge < -0.3 is 10.4 Å². The van der Waals surface area contributed by atoms with Crippen molar-refractivity contribution >= 4 is 11.6 Å². The Hall–Kier alpha value is -2.74. The summed E-state index contributed by atoms with van der Waals surface area (Å²) in [5.41, 5.74) is 0.707. The summed E-state index contributed by atoms with van der Waals surface area (Å²) in [7, 11) is 0. The van der Waals surface area contributed by atoms with E-state index in [2.05, 4.69) is 15.5 Å². The molecule has 0 saturated heterocycles. The van der Waals surface area contributed by atoms with E-state index >= 15 is 0 Å². The number of H-pyrrole nitrogens is 1. The molecule has 0 aliphatic heterocycles. The van der Waals surface area contributed by atoms with Crippen molar-refractivity contribution in [1.29, 1.82) is 0 Å². The van der Waals surface area contributed by atoms with Crippen LogP contribution in [0, 0.1) is 10.1 Å². The van der Waals surface area contributed by atoms with E-state index in [4.69, 9.17) is 0 Å². The van der Waals surface area contributed by atoms with Crippen LogP contribution in [0.25, 0.3) is 0 Å². The molecule has 2 unspecified atom stereocenters. The number of carbonyl (C=O) groups is 1. The molecule has 1 amide bonds. The molecular formula is C17H22N4O4. The zero-order chi connectivity index (χ0) is 18.4. The fourth-order valence-corrected chi connectivity index (χ4v) is 2.56. The van der Waals surface area contributed by atoms with Gasteiger partial charge in [0.15, 0.2) is 0 Å². The number of rotatable bonds is 8. The van der Waals surface area contributed by atoms with E-state index in [1.54, 1.807) is 6.92 Å². The summed E-state index contributed by atoms with van der Waals surface area (Å²) in [4.78, 5) is 23.0. The summed E-state index contributed by atoms with van der Waals surface area (Å²) < 4.78 is 0. The zero-order valence-electron chi connectivity index (χ0n) is 14.2. The lowest BCUT2D eigenvalue weighted by Gasteiger charge is -2.19. The van der Waals surface area contributed by atoms with Gasteiger partial charge in [-0.15, -0.1) is 0 Å². The van der Waals surface area contributed by atoms with Crippen LogP contribution in [0.4, 0.5) is 5.69 Å². The molecule has 0 bridgehead atoms. The first-order valence-electron chi connectivity index (χ1n) is 8.18. The predicted octanol–water partition coefficient (Wildman–Crippen LogP) is 1.99. The minimum Gasteiger partial charge on any atom is -0.391 e. The SMILES string of the molecule is CCCc1[nH]nc(C(=O)NC(C)C(O)Cc2ccccc2)c1[N+](=O)[O-]. The number of nitrogens with one attached hydrogen (secondary N) is 2. The number of nitro groups is 1. The van der Waals surface area contributed by atoms with Crippen LogP contribution in [0.15, 0.2) is 30.3 Å². The van der Waals surface area contributed by atoms with Gasteiger partial charge in [-0.25, -0.2) is 0 Å². The molecule has 0 fully saturated rings. The minimum atomic E-state index is -0.820. The van der Waals surface area contributed by atoms with Crippen molar-refractivity contribution in [3.05, 3.63) is 57.4 Å². The van der Waals surface area contributed by atoms with E-state index in [-0.39, 0.29) is 11.4 Å². The third-order valence-electron chi connectivity index (χ3n) is 3.93. The number of nitrogens with zero attached hydrogens (tertiary/aromatic N) is 2. The number of benzene rings is 1. The second kappa shape index (κ2) is 8.39. The molecule has 1 heterocycles. The van der Waals surface area contributed by atoms with Crippen LogP contribution in [0.2, 0.25) is 0 Å². The van der Waals surface area contributed by atoms with E-state index in [1.807, 2.05) is 37.3 Å². The number of aliphatic hydroxyl groups is 1. The molecule has 8 heteroatoms. The number of carbonyl (C=O) groups excluding carboxylic acids is 1. The Kier molecular flexibility index (Phi) is 6.24. The number of aromatic nitrogens is 2. The first kappa shape index (κ1) is 18.6. The molecule has 134 valence electrons. The van der Waals surface area contributed by atoms with Crippen molar-refractivity contribution < 1.29 is 14.8 Å². The third kappa shape index (κ3) is 4.63. The lowest BCUT2D eigenvalue weighted by atomic mass is 10.0. The van der Waals surface area contributed by atoms with Gasteiger partial charge in [-0.2, -0.15) is 5.10 Å². The molecule has 0 saturated carbocycles. The maximum absolute atomic E-state index is 12.3. The van der Waals surface area contributed by atoms with Crippen LogP contribution in [0.5, 0.6) is 0 Å². The number of aryl methyl sites for hydroxylation is 1. The Morgan fingerprint density at radius 2 is 2.08 bits per heavy atom. The average Bonchev–Trinajstić information content (AvgIpc) is 3.00. The van der Waals surface area contributed by atoms with E-state index in [0.717, 1.165) is 5.56 Å². The van der Waals surface area contributed by atoms with Crippen LogP contribution in [-0.2, 0) is 12.8 Å². The van der Waals surface area contributed by atoms with Crippen molar-refractivity contribution in [1.82, 2.24) is 15.5 Å². The average molecular weight is 346 g/mol. The highest BCUT2D eigenvalue weighted by Crippen LogP contribution is 2.22. The fourth-order valence-electron chi connectivity index (χ4n) is 2.56. The van der Waals surface area contributed by atoms with Crippen molar-refractivity contribution in [2.45, 2.75) is 45.3 Å². The highest BCUT2D eigenvalue weighted by atomic mass is 16.6. The summed E-state index contributed by atoms with van der Waals surface area (Å²) in [6.07, 6.45) is 0.671. The molecule has 2 aromatic rings. The van der Waals surface area contributed by atoms with Gasteiger partial charge in [0.05, 0.1) is 17.1 Å². The summed E-state index contributed by atoms with van der Waals surface area (Å²) in [5.74, 6) is -0.676. The van der Waals surface area contributed by atoms with Crippen molar-refractivity contribution in [2.24, 2.45) is 0 Å². The normalized spacial score (nSPS) is 13.2. The Bertz CT molecular complexity index is 730. The number of amides is 1. The lowest BCUT2D eigenvalue weighted by molar-refractivity contribution is -0.385. The van der Waals surface area contributed by atoms with E-state index < -0.39 is 23.0 Å². The molecule has 1 aromatic carbocycles. The van der Waals surface area contributed by atoms with Crippen LogP contribution in [0.3, 0.4) is 0 Å². The maximum atomic E-state index is 12.3. The minimum absolute atomic E-state index is 0.257. The molecule has 3 N–H and O–H groups in total. The second-order valence-corrected chi connectivity index (χ2v) is 5.93. The van der Waals surface area contributed by atoms with E-state index in [9.17, 15) is 20.0 Å². The highest BCUT2D eigenvalue weighted by Gasteiger charge is 2.30. The van der Waals surface area contributed by atoms with E-state index in [0.29, 0.717) is 25.0 Å². The fraction of sp³-hybridized carbons (Fsp3) is 0.412. The summed E-state index contributed by atoms with van der Waals surface area (Å²) in [6, 6.07) is 8.80. The monoisotopic (exact) mass is 346 g/mol. The molecule has 25 heavy (non-hydrogen) atoms. The molecule has 2 rings (SSSR count). The standard InChI is InChI=1S/C17H22N4O4/c1-3-7-13-16(21(24)25)15(20-19-13)17(23)18-11(2)14(22)10-12-8-5-4-6-9-12/h4-6,8-9,11,14,22H,3,7,10H2,1-2H3,(H,18,23)(H,19,20). The van der Waals surface area contributed by atoms with Crippen molar-refractivity contribution in [3.63, 3.8) is 0 Å². The first-order chi connectivity index (χ1) is 11.9. The Labute approximate surface area is 145 Å². The molecule has 0 spiro atoms. The number of hydrogen-bond donors (Lipinski definition) is 3. The molecule has 0 aliphatic rings. The largest absolute Gasteiger partial charge is 0.391 e. The molecular weight excluding hydrogens is 324 g/mol. The number of aliphatic hydroxyl groups excluding tert-OH is 1. The van der Waals surface area contributed by atoms with Crippen LogP contribution < -0.4 is 5.32 Å². The topological polar surface area (TPSA) is 121 Å². The molecule has 0 radical (unpaired) electrons. The van der Waals surface area contributed by atoms with Crippen molar-refractivity contribution in [2.75, 3.05) is 0 Å². The summed E-state index contributed by atoms with van der Waals surface area (Å²) in [5, 5.41) is 30.5. The Morgan fingerprint density at radius 1 is 1.40 bits per heavy atom. The van der Waals surface area contributed by atoms with Gasteiger partial charge in [0.25, 0.3) is 5.91 Å². The molecule has 2 atom stereocenters. The lowest BCUT2D eigenvalue weighted by Crippen LogP contribution is -2.42. The van der Waals surface area contributed by atoms with Crippen LogP contribution in [-0.4, -0.2) is 38.3 Å². The van der Waals surface area contributed by atoms with Gasteiger partial charge in [-0.1, -0.05) is 43.7 Å². The Morgan fingerprint density at radius 3 is 2.68 bits per heavy atom. The first-order valence-corrected chi connectivity index (χ1v) is 8.18. The predicted molar refractivity (Wildman–Crippen MR) is 92.3 cm³/mol.